The fourth-order valence-corrected chi connectivity index (χ4v) is 0. The van der Waals surface area contributed by atoms with Crippen molar-refractivity contribution in [2.45, 2.75) is 0 Å². The molecule has 0 radical (unpaired) electrons. The summed E-state index contributed by atoms with van der Waals surface area (Å²) in [4.78, 5) is 50.9. The zero-order valence-electron chi connectivity index (χ0n) is 6.99. The summed E-state index contributed by atoms with van der Waals surface area (Å²) >= 11 is 0. The fraction of sp³-hybridized carbons (Fsp3) is 0. The summed E-state index contributed by atoms with van der Waals surface area (Å²) in [5.41, 5.74) is 0. The first-order valence-electron chi connectivity index (χ1n) is 1.68. The molecule has 0 bridgehead atoms. The Labute approximate surface area is 114 Å². The standard InChI is InChI=1S/Al.Li.H3O4P.H4O4Si.Ti.4H/c;;2*1-5(2,3)4;;;;;/h;;(H3,1,2,3,4);1-4H;;;;;/q;+1;;;;;;;-1. The number of phosphoric acid groups is 1. The molecule has 0 aliphatic heterocycles. The van der Waals surface area contributed by atoms with Crippen molar-refractivity contribution in [3.05, 3.63) is 0 Å². The molecule has 0 spiro atoms. The molecule has 0 aromatic carbocycles. The fourth-order valence-electron chi connectivity index (χ4n) is 0. The van der Waals surface area contributed by atoms with E-state index in [-0.39, 0.29) is 59.4 Å². The second kappa shape index (κ2) is 12.1. The van der Waals surface area contributed by atoms with Crippen LogP contribution in [0.4, 0.5) is 0 Å². The molecule has 0 saturated heterocycles. The van der Waals surface area contributed by atoms with Crippen LogP contribution in [-0.2, 0) is 26.3 Å². The van der Waals surface area contributed by atoms with Crippen LogP contribution in [0.3, 0.4) is 0 Å². The maximum atomic E-state index is 8.88. The predicted molar refractivity (Wildman–Crippen MR) is 39.9 cm³/mol. The van der Waals surface area contributed by atoms with Crippen LogP contribution in [0.25, 0.3) is 0 Å². The van der Waals surface area contributed by atoms with Gasteiger partial charge in [0.05, 0.1) is 0 Å². The molecule has 0 unspecified atom stereocenters. The third kappa shape index (κ3) is 500. The smallest absolute Gasteiger partial charge is 1.00 e. The van der Waals surface area contributed by atoms with Gasteiger partial charge in [0.15, 0.2) is 17.4 Å². The molecule has 13 heavy (non-hydrogen) atoms. The Hall–Kier alpha value is 2.01. The van der Waals surface area contributed by atoms with Crippen molar-refractivity contribution in [2.75, 3.05) is 0 Å². The molecule has 76 valence electrons. The molecular weight excluding hydrogens is 269 g/mol. The first-order chi connectivity index (χ1) is 4.00. The molecule has 0 saturated carbocycles. The van der Waals surface area contributed by atoms with E-state index in [0.717, 1.165) is 0 Å². The Bertz CT molecular complexity index is 122. The van der Waals surface area contributed by atoms with Gasteiger partial charge in [0.1, 0.15) is 0 Å². The molecule has 0 aromatic rings. The van der Waals surface area contributed by atoms with Gasteiger partial charge in [-0.05, 0) is 0 Å². The normalized spacial score (nSPS) is 9.15. The van der Waals surface area contributed by atoms with E-state index in [0.29, 0.717) is 0 Å². The predicted octanol–water partition coefficient (Wildman–Crippen LogP) is -7.61. The van der Waals surface area contributed by atoms with Crippen molar-refractivity contribution in [2.24, 2.45) is 0 Å². The first kappa shape index (κ1) is 29.4. The molecule has 8 nitrogen and oxygen atoms in total. The quantitative estimate of drug-likeness (QED) is 0.170. The first-order valence-corrected chi connectivity index (χ1v) is 5.03. The van der Waals surface area contributed by atoms with Crippen molar-refractivity contribution in [1.82, 2.24) is 0 Å². The van der Waals surface area contributed by atoms with Gasteiger partial charge in [-0.25, -0.2) is 4.57 Å². The van der Waals surface area contributed by atoms with Crippen molar-refractivity contribution >= 4 is 34.2 Å². The summed E-state index contributed by atoms with van der Waals surface area (Å²) in [5.74, 6) is 0. The Morgan fingerprint density at radius 1 is 1.00 bits per heavy atom. The van der Waals surface area contributed by atoms with E-state index in [9.17, 15) is 0 Å². The molecule has 0 aliphatic rings. The van der Waals surface area contributed by atoms with Crippen LogP contribution in [-0.4, -0.2) is 60.3 Å². The van der Waals surface area contributed by atoms with E-state index in [1.54, 1.807) is 0 Å². The SMILES string of the molecule is O=P(O)(O)O.O[Si](O)(O)O.[AlH3].[H-].[Li+].[Ti]. The van der Waals surface area contributed by atoms with Gasteiger partial charge in [-0.3, -0.25) is 0 Å². The Kier molecular flexibility index (Phi) is 27.3. The van der Waals surface area contributed by atoms with Crippen LogP contribution in [0.15, 0.2) is 0 Å². The van der Waals surface area contributed by atoms with E-state index < -0.39 is 16.9 Å². The molecule has 7 N–H and O–H groups in total. The summed E-state index contributed by atoms with van der Waals surface area (Å²) in [5, 5.41) is 0. The summed E-state index contributed by atoms with van der Waals surface area (Å²) in [6.07, 6.45) is 0. The second-order valence-electron chi connectivity index (χ2n) is 1.11. The van der Waals surface area contributed by atoms with E-state index in [1.165, 1.54) is 0 Å². The minimum atomic E-state index is -4.64. The van der Waals surface area contributed by atoms with Crippen LogP contribution in [0.1, 0.15) is 1.43 Å². The van der Waals surface area contributed by atoms with Gasteiger partial charge >= 0.3 is 35.7 Å². The zero-order chi connectivity index (χ0) is 9.00. The molecule has 0 aliphatic carbocycles. The van der Waals surface area contributed by atoms with Gasteiger partial charge in [-0.1, -0.05) is 0 Å². The third-order valence-corrected chi connectivity index (χ3v) is 0. The van der Waals surface area contributed by atoms with Crippen molar-refractivity contribution in [3.63, 3.8) is 0 Å². The largest absolute Gasteiger partial charge is 1.00 e. The average molecular weight is 280 g/mol. The molecule has 0 aromatic heterocycles. The minimum Gasteiger partial charge on any atom is -1.00 e. The number of hydrogen-bond acceptors (Lipinski definition) is 5. The number of hydrogen-bond donors (Lipinski definition) is 7. The molecule has 0 fully saturated rings. The van der Waals surface area contributed by atoms with Gasteiger partial charge < -0.3 is 35.3 Å². The maximum absolute atomic E-state index is 8.88. The molecular formula is H11AlLiO8PSiTi. The minimum absolute atomic E-state index is 0. The van der Waals surface area contributed by atoms with Gasteiger partial charge in [0, 0.05) is 21.7 Å². The van der Waals surface area contributed by atoms with Gasteiger partial charge in [0.2, 0.25) is 0 Å². The maximum Gasteiger partial charge on any atom is 1.00 e. The second-order valence-corrected chi connectivity index (χ2v) is 3.34. The molecule has 0 heterocycles. The van der Waals surface area contributed by atoms with Crippen molar-refractivity contribution in [1.29, 1.82) is 0 Å². The Morgan fingerprint density at radius 3 is 1.00 bits per heavy atom. The molecule has 0 amide bonds. The summed E-state index contributed by atoms with van der Waals surface area (Å²) in [7, 11) is -9.25. The summed E-state index contributed by atoms with van der Waals surface area (Å²) < 4.78 is 8.88. The molecule has 0 rings (SSSR count). The van der Waals surface area contributed by atoms with Crippen LogP contribution < -0.4 is 18.9 Å². The van der Waals surface area contributed by atoms with Gasteiger partial charge in [0.25, 0.3) is 0 Å². The van der Waals surface area contributed by atoms with E-state index in [4.69, 9.17) is 38.4 Å². The van der Waals surface area contributed by atoms with Gasteiger partial charge in [-0.2, -0.15) is 0 Å². The zero-order valence-corrected chi connectivity index (χ0v) is 9.44. The van der Waals surface area contributed by atoms with Crippen LogP contribution in [0.5, 0.6) is 0 Å². The monoisotopic (exact) mass is 280 g/mol. The van der Waals surface area contributed by atoms with Gasteiger partial charge in [-0.15, -0.1) is 0 Å². The van der Waals surface area contributed by atoms with Crippen molar-refractivity contribution < 1.29 is 80.4 Å². The van der Waals surface area contributed by atoms with Crippen molar-refractivity contribution in [3.8, 4) is 0 Å². The summed E-state index contributed by atoms with van der Waals surface area (Å²) in [6, 6.07) is 0. The average Bonchev–Trinajstić information content (AvgIpc) is 1.12. The van der Waals surface area contributed by atoms with Crippen LogP contribution >= 0.6 is 7.82 Å². The summed E-state index contributed by atoms with van der Waals surface area (Å²) in [6.45, 7) is 0. The number of rotatable bonds is 0. The van der Waals surface area contributed by atoms with E-state index >= 15 is 0 Å². The molecule has 13 heteroatoms. The topological polar surface area (TPSA) is 159 Å². The Morgan fingerprint density at radius 2 is 1.00 bits per heavy atom. The van der Waals surface area contributed by atoms with E-state index in [2.05, 4.69) is 0 Å². The third-order valence-electron chi connectivity index (χ3n) is 0. The Balaban J connectivity index is -0.0000000178. The van der Waals surface area contributed by atoms with E-state index in [1.807, 2.05) is 0 Å². The molecule has 0 atom stereocenters. The van der Waals surface area contributed by atoms with Crippen LogP contribution in [0.2, 0.25) is 0 Å². The van der Waals surface area contributed by atoms with Crippen LogP contribution in [0, 0.1) is 0 Å².